The van der Waals surface area contributed by atoms with E-state index in [9.17, 15) is 0 Å². The van der Waals surface area contributed by atoms with Crippen LogP contribution in [0.15, 0.2) is 0 Å². The van der Waals surface area contributed by atoms with Crippen LogP contribution >= 0.6 is 0 Å². The smallest absolute Gasteiger partial charge is 0 e. The Labute approximate surface area is 57.8 Å². The van der Waals surface area contributed by atoms with Gasteiger partial charge < -0.3 is 0 Å². The summed E-state index contributed by atoms with van der Waals surface area (Å²) in [4.78, 5) is 0. The largest absolute Gasteiger partial charge is 0 e. The van der Waals surface area contributed by atoms with Crippen LogP contribution in [0.4, 0.5) is 0 Å². The average Bonchev–Trinajstić information content (AvgIpc) is 1.00. The fourth-order valence-electron chi connectivity index (χ4n) is 0. The maximum Gasteiger partial charge on any atom is 0 e. The molecule has 0 unspecified atom stereocenters. The molecule has 0 N–H and O–H groups in total. The van der Waals surface area contributed by atoms with E-state index in [-0.39, 0.29) is 38.8 Å². The van der Waals surface area contributed by atoms with Crippen molar-refractivity contribution in [3.63, 3.8) is 0 Å². The van der Waals surface area contributed by atoms with Gasteiger partial charge in [0.15, 0.2) is 0 Å². The van der Waals surface area contributed by atoms with Crippen molar-refractivity contribution in [3.8, 4) is 0 Å². The minimum absolute atomic E-state index is 0. The monoisotopic (exact) mass is 178 g/mol. The van der Waals surface area contributed by atoms with Crippen molar-refractivity contribution in [2.24, 2.45) is 0 Å². The summed E-state index contributed by atoms with van der Waals surface area (Å²) in [5.41, 5.74) is 0. The van der Waals surface area contributed by atoms with E-state index in [4.69, 9.17) is 3.90 Å². The van der Waals surface area contributed by atoms with Crippen molar-refractivity contribution in [1.29, 1.82) is 0 Å². The first-order chi connectivity index (χ1) is 1.00. The Morgan fingerprint density at radius 3 is 1.25 bits per heavy atom. The summed E-state index contributed by atoms with van der Waals surface area (Å²) in [5, 5.41) is 0. The Morgan fingerprint density at radius 1 is 1.25 bits per heavy atom. The Bertz CT molecular complexity index is 8.00. The molecule has 1 nitrogen and oxygen atoms in total. The summed E-state index contributed by atoms with van der Waals surface area (Å²) in [7, 11) is 0. The second-order valence-electron chi connectivity index (χ2n) is 0. The molecule has 0 amide bonds. The van der Waals surface area contributed by atoms with Crippen LogP contribution in [-0.4, -0.2) is 0 Å². The SMILES string of the molecule is [Fe].[O]=[Ni].[Ti]. The second-order valence-corrected chi connectivity index (χ2v) is 0. The first-order valence-corrected chi connectivity index (χ1v) is 0.532. The predicted octanol–water partition coefficient (Wildman–Crippen LogP) is -0.126. The van der Waals surface area contributed by atoms with Crippen molar-refractivity contribution >= 4 is 0 Å². The third kappa shape index (κ3) is 9.66. The molecule has 28 valence electrons. The third-order valence-electron chi connectivity index (χ3n) is 0. The molecule has 0 aromatic rings. The number of hydrogen-bond acceptors (Lipinski definition) is 1. The summed E-state index contributed by atoms with van der Waals surface area (Å²) in [6.07, 6.45) is 0. The molecule has 0 aliphatic carbocycles. The topological polar surface area (TPSA) is 17.1 Å². The standard InChI is InChI=1S/Fe.Ni.O.Ti. The second kappa shape index (κ2) is 24.1. The van der Waals surface area contributed by atoms with Gasteiger partial charge in [0.25, 0.3) is 0 Å². The normalized spacial score (nSPS) is 1.50. The Hall–Kier alpha value is 1.53. The van der Waals surface area contributed by atoms with Gasteiger partial charge in [-0.3, -0.25) is 0 Å². The third-order valence-corrected chi connectivity index (χ3v) is 0. The molecule has 0 saturated heterocycles. The molecule has 0 aliphatic rings. The predicted molar refractivity (Wildman–Crippen MR) is 0.686 cm³/mol. The number of rotatable bonds is 0. The molecule has 0 bridgehead atoms. The molecule has 0 aromatic carbocycles. The van der Waals surface area contributed by atoms with Crippen molar-refractivity contribution in [2.45, 2.75) is 0 Å². The average molecular weight is 178 g/mol. The van der Waals surface area contributed by atoms with E-state index < -0.39 is 0 Å². The van der Waals surface area contributed by atoms with E-state index in [0.29, 0.717) is 0 Å². The molecule has 0 heterocycles. The number of hydrogen-bond donors (Lipinski definition) is 0. The van der Waals surface area contributed by atoms with Crippen LogP contribution < -0.4 is 0 Å². The Balaban J connectivity index is -0.00000000500. The zero-order valence-corrected chi connectivity index (χ0v) is 5.23. The first-order valence-electron chi connectivity index (χ1n) is 0.129. The first kappa shape index (κ1) is 17.7. The van der Waals surface area contributed by atoms with Crippen LogP contribution in [0.2, 0.25) is 0 Å². The van der Waals surface area contributed by atoms with E-state index in [2.05, 4.69) is 15.4 Å². The molecule has 0 fully saturated rings. The van der Waals surface area contributed by atoms with Crippen molar-refractivity contribution in [2.75, 3.05) is 0 Å². The van der Waals surface area contributed by atoms with E-state index >= 15 is 0 Å². The van der Waals surface area contributed by atoms with Gasteiger partial charge in [-0.05, 0) is 0 Å². The fraction of sp³-hybridized carbons (Fsp3) is 0. The van der Waals surface area contributed by atoms with Crippen LogP contribution in [-0.2, 0) is 58.1 Å². The van der Waals surface area contributed by atoms with Crippen LogP contribution in [0.1, 0.15) is 0 Å². The summed E-state index contributed by atoms with van der Waals surface area (Å²) in [5.74, 6) is 0. The van der Waals surface area contributed by atoms with Gasteiger partial charge in [0, 0.05) is 38.8 Å². The summed E-state index contributed by atoms with van der Waals surface area (Å²) >= 11 is 2.62. The molecule has 4 heteroatoms. The maximum absolute atomic E-state index is 7.88. The summed E-state index contributed by atoms with van der Waals surface area (Å²) in [6, 6.07) is 0. The molecular formula is FeNiOTi. The minimum Gasteiger partial charge on any atom is 0 e. The molecule has 0 saturated carbocycles. The fourth-order valence-corrected chi connectivity index (χ4v) is 0. The van der Waals surface area contributed by atoms with Crippen molar-refractivity contribution < 1.29 is 58.1 Å². The van der Waals surface area contributed by atoms with Gasteiger partial charge in [-0.15, -0.1) is 0 Å². The van der Waals surface area contributed by atoms with Gasteiger partial charge in [0.2, 0.25) is 0 Å². The van der Waals surface area contributed by atoms with E-state index in [1.54, 1.807) is 0 Å². The van der Waals surface area contributed by atoms with E-state index in [0.717, 1.165) is 0 Å². The van der Waals surface area contributed by atoms with Crippen LogP contribution in [0, 0.1) is 0 Å². The van der Waals surface area contributed by atoms with Crippen molar-refractivity contribution in [1.82, 2.24) is 0 Å². The molecule has 0 radical (unpaired) electrons. The van der Waals surface area contributed by atoms with Gasteiger partial charge in [0.1, 0.15) is 0 Å². The van der Waals surface area contributed by atoms with Crippen molar-refractivity contribution in [3.05, 3.63) is 0 Å². The molecule has 0 aromatic heterocycles. The van der Waals surface area contributed by atoms with Gasteiger partial charge >= 0.3 is 19.3 Å². The quantitative estimate of drug-likeness (QED) is 0.473. The van der Waals surface area contributed by atoms with Gasteiger partial charge in [-0.2, -0.15) is 0 Å². The summed E-state index contributed by atoms with van der Waals surface area (Å²) in [6.45, 7) is 0. The zero-order valence-electron chi connectivity index (χ0n) is 1.58. The van der Waals surface area contributed by atoms with Crippen LogP contribution in [0.5, 0.6) is 0 Å². The molecule has 0 aliphatic heterocycles. The minimum atomic E-state index is 0. The summed E-state index contributed by atoms with van der Waals surface area (Å²) < 4.78 is 7.88. The van der Waals surface area contributed by atoms with Crippen LogP contribution in [0.3, 0.4) is 0 Å². The van der Waals surface area contributed by atoms with E-state index in [1.165, 1.54) is 0 Å². The zero-order chi connectivity index (χ0) is 2.00. The Kier molecular flexibility index (Phi) is 107. The molecule has 4 heavy (non-hydrogen) atoms. The van der Waals surface area contributed by atoms with Gasteiger partial charge in [-0.1, -0.05) is 0 Å². The van der Waals surface area contributed by atoms with Gasteiger partial charge in [-0.25, -0.2) is 0 Å². The van der Waals surface area contributed by atoms with Gasteiger partial charge in [0.05, 0.1) is 0 Å². The maximum atomic E-state index is 7.88. The van der Waals surface area contributed by atoms with E-state index in [1.807, 2.05) is 0 Å². The molecule has 0 spiro atoms. The molecule has 0 rings (SSSR count). The molecule has 0 atom stereocenters. The Morgan fingerprint density at radius 2 is 1.25 bits per heavy atom. The van der Waals surface area contributed by atoms with Crippen LogP contribution in [0.25, 0.3) is 0 Å². The molecular weight excluding hydrogens is 178 g/mol.